The number of halogens is 6. The maximum atomic E-state index is 14.0. The van der Waals surface area contributed by atoms with Gasteiger partial charge in [-0.1, -0.05) is 114 Å². The minimum Gasteiger partial charge on any atom is -0.309 e. The van der Waals surface area contributed by atoms with Crippen molar-refractivity contribution in [1.29, 1.82) is 10.5 Å². The van der Waals surface area contributed by atoms with Gasteiger partial charge in [0.05, 0.1) is 61.8 Å². The Morgan fingerprint density at radius 2 is 0.704 bits per heavy atom. The van der Waals surface area contributed by atoms with E-state index in [2.05, 4.69) is 122 Å². The van der Waals surface area contributed by atoms with E-state index in [9.17, 15) is 36.9 Å². The number of rotatable bonds is 7. The maximum absolute atomic E-state index is 14.0. The summed E-state index contributed by atoms with van der Waals surface area (Å²) in [5.41, 5.74) is 17.5. The molecule has 0 aliphatic carbocycles. The smallest absolute Gasteiger partial charge is 0.309 e. The van der Waals surface area contributed by atoms with Crippen LogP contribution >= 0.6 is 0 Å². The van der Waals surface area contributed by atoms with Crippen LogP contribution in [0.25, 0.3) is 111 Å². The third kappa shape index (κ3) is 9.07. The first kappa shape index (κ1) is 52.1. The van der Waals surface area contributed by atoms with Crippen LogP contribution in [0.2, 0.25) is 0 Å². The summed E-state index contributed by atoms with van der Waals surface area (Å²) in [6.45, 7) is 13.5. The molecule has 0 atom stereocenters. The highest BCUT2D eigenvalue weighted by Crippen LogP contribution is 2.46. The molecule has 2 aromatic heterocycles. The van der Waals surface area contributed by atoms with Crippen molar-refractivity contribution in [2.75, 3.05) is 0 Å². The zero-order valence-electron chi connectivity index (χ0n) is 45.3. The van der Waals surface area contributed by atoms with E-state index in [0.717, 1.165) is 106 Å². The number of nitrogens with zero attached hydrogens (tertiary/aromatic N) is 4. The second-order valence-electron chi connectivity index (χ2n) is 21.5. The Hall–Kier alpha value is -9.64. The van der Waals surface area contributed by atoms with Crippen molar-refractivity contribution in [3.8, 4) is 79.1 Å². The summed E-state index contributed by atoms with van der Waals surface area (Å²) in [5.74, 6) is 0. The van der Waals surface area contributed by atoms with Gasteiger partial charge in [0.2, 0.25) is 0 Å². The van der Waals surface area contributed by atoms with Gasteiger partial charge >= 0.3 is 12.4 Å². The van der Waals surface area contributed by atoms with Crippen LogP contribution < -0.4 is 0 Å². The minimum atomic E-state index is -4.52. The predicted molar refractivity (Wildman–Crippen MR) is 315 cm³/mol. The molecular formula is C71H50F6N4. The van der Waals surface area contributed by atoms with E-state index in [1.54, 1.807) is 13.8 Å². The lowest BCUT2D eigenvalue weighted by Crippen LogP contribution is -2.05. The molecule has 0 saturated heterocycles. The van der Waals surface area contributed by atoms with Crippen molar-refractivity contribution in [3.05, 3.63) is 237 Å². The number of aromatic nitrogens is 2. The fourth-order valence-corrected chi connectivity index (χ4v) is 12.1. The fraction of sp³-hybridized carbons (Fsp3) is 0.127. The van der Waals surface area contributed by atoms with E-state index in [0.29, 0.717) is 72.5 Å². The summed E-state index contributed by atoms with van der Waals surface area (Å²) >= 11 is 0. The third-order valence-corrected chi connectivity index (χ3v) is 15.9. The largest absolute Gasteiger partial charge is 0.416 e. The molecule has 0 amide bonds. The first-order valence-electron chi connectivity index (χ1n) is 26.5. The van der Waals surface area contributed by atoms with Crippen LogP contribution in [0.1, 0.15) is 61.2 Å². The van der Waals surface area contributed by atoms with E-state index in [1.807, 2.05) is 73.7 Å². The van der Waals surface area contributed by atoms with Gasteiger partial charge in [-0.3, -0.25) is 0 Å². The standard InChI is InChI=1S/C71H50F6N4/c1-39-8-16-55(42(4)24-39)47-10-18-59-60-19-12-49(57-22-14-53(28-44(57)6)70(72,73)74)32-66(60)80(65(59)31-47)64-36-63(51-27-41(3)26-46(30-51)37-78)69(35-52(64)38-79)81-67-33-48(56-17-9-40(2)25-43(56)5)11-20-61(67)62-21-13-50(34-68(62)81)58-23-15-54(29-45(58)7)71(75,76)77/h8-36H,1-7H3. The molecule has 0 radical (unpaired) electrons. The average Bonchev–Trinajstić information content (AvgIpc) is 3.18. The van der Waals surface area contributed by atoms with Gasteiger partial charge in [-0.25, -0.2) is 0 Å². The summed E-state index contributed by atoms with van der Waals surface area (Å²) in [7, 11) is 0. The monoisotopic (exact) mass is 1070 g/mol. The molecular weight excluding hydrogens is 1020 g/mol. The number of hydrogen-bond donors (Lipinski definition) is 0. The lowest BCUT2D eigenvalue weighted by molar-refractivity contribution is -0.138. The van der Waals surface area contributed by atoms with Gasteiger partial charge in [-0.15, -0.1) is 0 Å². The second-order valence-corrected chi connectivity index (χ2v) is 21.5. The van der Waals surface area contributed by atoms with Crippen LogP contribution in [-0.4, -0.2) is 9.13 Å². The van der Waals surface area contributed by atoms with Crippen molar-refractivity contribution in [2.24, 2.45) is 0 Å². The summed E-state index contributed by atoms with van der Waals surface area (Å²) < 4.78 is 88.4. The quantitative estimate of drug-likeness (QED) is 0.149. The molecule has 12 rings (SSSR count). The van der Waals surface area contributed by atoms with E-state index < -0.39 is 23.5 Å². The van der Waals surface area contributed by atoms with Gasteiger partial charge in [0.1, 0.15) is 6.07 Å². The van der Waals surface area contributed by atoms with Crippen LogP contribution in [0, 0.1) is 71.1 Å². The van der Waals surface area contributed by atoms with E-state index in [1.165, 1.54) is 18.2 Å². The maximum Gasteiger partial charge on any atom is 0.416 e. The number of benzene rings is 10. The van der Waals surface area contributed by atoms with Crippen molar-refractivity contribution < 1.29 is 26.3 Å². The normalized spacial score (nSPS) is 12.0. The van der Waals surface area contributed by atoms with Gasteiger partial charge in [-0.05, 0) is 199 Å². The highest BCUT2D eigenvalue weighted by atomic mass is 19.4. The fourth-order valence-electron chi connectivity index (χ4n) is 12.1. The number of fused-ring (bicyclic) bond motifs is 6. The van der Waals surface area contributed by atoms with E-state index in [4.69, 9.17) is 0 Å². The van der Waals surface area contributed by atoms with E-state index in [-0.39, 0.29) is 0 Å². The molecule has 0 saturated carbocycles. The van der Waals surface area contributed by atoms with E-state index >= 15 is 0 Å². The predicted octanol–water partition coefficient (Wildman–Crippen LogP) is 20.2. The molecule has 81 heavy (non-hydrogen) atoms. The number of nitriles is 2. The van der Waals surface area contributed by atoms with Crippen molar-refractivity contribution in [3.63, 3.8) is 0 Å². The van der Waals surface area contributed by atoms with Gasteiger partial charge in [0.15, 0.2) is 0 Å². The average molecular weight is 1070 g/mol. The molecule has 2 heterocycles. The Morgan fingerprint density at radius 1 is 0.321 bits per heavy atom. The molecule has 0 aliphatic heterocycles. The molecule has 4 nitrogen and oxygen atoms in total. The van der Waals surface area contributed by atoms with Crippen LogP contribution in [0.15, 0.2) is 176 Å². The molecule has 396 valence electrons. The van der Waals surface area contributed by atoms with Crippen molar-refractivity contribution in [2.45, 2.75) is 60.8 Å². The molecule has 10 heteroatoms. The van der Waals surface area contributed by atoms with Gasteiger partial charge in [0, 0.05) is 27.1 Å². The highest BCUT2D eigenvalue weighted by molar-refractivity contribution is 6.13. The SMILES string of the molecule is Cc1cc(C#N)cc(-c2cc(-n3c4cc(-c5ccc(C)cc5C)ccc4c4ccc(-c5ccc(C(F)(F)F)cc5C)cc43)c(C#N)cc2-n2c3cc(-c4ccc(C)cc4C)ccc3c3ccc(-c4ccc(C(F)(F)F)cc4C)cc32)c1. The molecule has 0 aliphatic rings. The third-order valence-electron chi connectivity index (χ3n) is 15.9. The van der Waals surface area contributed by atoms with Gasteiger partial charge in [0.25, 0.3) is 0 Å². The molecule has 10 aromatic carbocycles. The zero-order valence-corrected chi connectivity index (χ0v) is 45.3. The lowest BCUT2D eigenvalue weighted by atomic mass is 9.95. The van der Waals surface area contributed by atoms with Crippen LogP contribution in [0.3, 0.4) is 0 Å². The van der Waals surface area contributed by atoms with Crippen LogP contribution in [-0.2, 0) is 12.4 Å². The van der Waals surface area contributed by atoms with Gasteiger partial charge < -0.3 is 9.13 Å². The molecule has 0 spiro atoms. The topological polar surface area (TPSA) is 57.4 Å². The lowest BCUT2D eigenvalue weighted by Gasteiger charge is -2.20. The first-order chi connectivity index (χ1) is 38.7. The Kier molecular flexibility index (Phi) is 12.4. The summed E-state index contributed by atoms with van der Waals surface area (Å²) in [5, 5.41) is 25.7. The minimum absolute atomic E-state index is 0.295. The highest BCUT2D eigenvalue weighted by Gasteiger charge is 2.32. The molecule has 0 N–H and O–H groups in total. The van der Waals surface area contributed by atoms with Gasteiger partial charge in [-0.2, -0.15) is 36.9 Å². The summed E-state index contributed by atoms with van der Waals surface area (Å²) in [4.78, 5) is 0. The summed E-state index contributed by atoms with van der Waals surface area (Å²) in [6.07, 6.45) is -9.05. The van der Waals surface area contributed by atoms with Crippen molar-refractivity contribution in [1.82, 2.24) is 9.13 Å². The van der Waals surface area contributed by atoms with Crippen LogP contribution in [0.4, 0.5) is 26.3 Å². The number of alkyl halides is 6. The van der Waals surface area contributed by atoms with Crippen LogP contribution in [0.5, 0.6) is 0 Å². The first-order valence-corrected chi connectivity index (χ1v) is 26.5. The van der Waals surface area contributed by atoms with Crippen molar-refractivity contribution >= 4 is 43.6 Å². The number of aryl methyl sites for hydroxylation is 7. The Balaban J connectivity index is 1.20. The Morgan fingerprint density at radius 3 is 1.06 bits per heavy atom. The zero-order chi connectivity index (χ0) is 57.0. The second kappa shape index (κ2) is 19.3. The molecule has 12 aromatic rings. The molecule has 0 fully saturated rings. The number of hydrogen-bond acceptors (Lipinski definition) is 2. The summed E-state index contributed by atoms with van der Waals surface area (Å²) in [6, 6.07) is 59.1. The molecule has 0 unspecified atom stereocenters. The Labute approximate surface area is 464 Å². The molecule has 0 bridgehead atoms. The Bertz CT molecular complexity index is 4720.